The lowest BCUT2D eigenvalue weighted by atomic mass is 9.89. The standard InChI is InChI=1S/C35H39Cl2N3O3/c1-25-5-7-26(8-6-25)31(23-43-35(41)32-20-38-24-39-21-32)18-28-10-9-27(29-11-12-33(36)34(37)19-29)17-30(28)22-42-16-15-40-13-3-2-4-14-40/h5-12,17,19-20,24,31H,2-4,13-16,18,21-23H2,1H3,(H,38,39). The van der Waals surface area contributed by atoms with Gasteiger partial charge in [0.1, 0.15) is 0 Å². The lowest BCUT2D eigenvalue weighted by Gasteiger charge is -2.26. The summed E-state index contributed by atoms with van der Waals surface area (Å²) >= 11 is 12.6. The van der Waals surface area contributed by atoms with Crippen molar-refractivity contribution < 1.29 is 14.3 Å². The highest BCUT2D eigenvalue weighted by atomic mass is 35.5. The Morgan fingerprint density at radius 3 is 2.47 bits per heavy atom. The molecule has 1 unspecified atom stereocenters. The van der Waals surface area contributed by atoms with E-state index in [1.807, 2.05) is 18.2 Å². The van der Waals surface area contributed by atoms with Crippen LogP contribution in [0.5, 0.6) is 0 Å². The van der Waals surface area contributed by atoms with Crippen molar-refractivity contribution >= 4 is 35.5 Å². The second kappa shape index (κ2) is 15.5. The molecule has 2 aliphatic heterocycles. The number of nitrogens with one attached hydrogen (secondary N) is 1. The van der Waals surface area contributed by atoms with Gasteiger partial charge in [0.05, 0.1) is 48.3 Å². The zero-order chi connectivity index (χ0) is 30.0. The maximum absolute atomic E-state index is 12.8. The van der Waals surface area contributed by atoms with Crippen molar-refractivity contribution in [3.8, 4) is 11.1 Å². The molecule has 0 bridgehead atoms. The summed E-state index contributed by atoms with van der Waals surface area (Å²) in [5.41, 5.74) is 7.14. The highest BCUT2D eigenvalue weighted by Gasteiger charge is 2.20. The summed E-state index contributed by atoms with van der Waals surface area (Å²) in [6.45, 7) is 7.07. The Balaban J connectivity index is 1.37. The molecule has 1 saturated heterocycles. The SMILES string of the molecule is Cc1ccc(C(COC(=O)C2=CNC=NC2)Cc2ccc(-c3ccc(Cl)c(Cl)c3)cc2COCCN2CCCCC2)cc1. The van der Waals surface area contributed by atoms with Gasteiger partial charge in [0, 0.05) is 18.7 Å². The van der Waals surface area contributed by atoms with Gasteiger partial charge in [-0.05, 0) is 85.3 Å². The summed E-state index contributed by atoms with van der Waals surface area (Å²) in [6.07, 6.45) is 7.77. The number of ether oxygens (including phenoxy) is 2. The van der Waals surface area contributed by atoms with Crippen LogP contribution in [-0.2, 0) is 27.3 Å². The molecule has 3 aromatic carbocycles. The molecule has 0 aromatic heterocycles. The van der Waals surface area contributed by atoms with Crippen LogP contribution in [0.4, 0.5) is 0 Å². The van der Waals surface area contributed by atoms with Gasteiger partial charge < -0.3 is 19.7 Å². The Bertz CT molecular complexity index is 1450. The number of piperidine rings is 1. The minimum Gasteiger partial charge on any atom is -0.462 e. The molecule has 0 spiro atoms. The van der Waals surface area contributed by atoms with Crippen molar-refractivity contribution in [3.05, 3.63) is 105 Å². The molecular formula is C35H39Cl2N3O3. The summed E-state index contributed by atoms with van der Waals surface area (Å²) in [5.74, 6) is -0.383. The molecule has 3 aromatic rings. The molecule has 2 aliphatic rings. The van der Waals surface area contributed by atoms with Crippen LogP contribution < -0.4 is 5.32 Å². The molecule has 1 N–H and O–H groups in total. The van der Waals surface area contributed by atoms with Gasteiger partial charge in [-0.15, -0.1) is 0 Å². The summed E-state index contributed by atoms with van der Waals surface area (Å²) in [5, 5.41) is 3.93. The van der Waals surface area contributed by atoms with Gasteiger partial charge in [0.15, 0.2) is 0 Å². The van der Waals surface area contributed by atoms with Crippen molar-refractivity contribution in [2.24, 2.45) is 4.99 Å². The zero-order valence-corrected chi connectivity index (χ0v) is 26.2. The number of aryl methyl sites for hydroxylation is 1. The van der Waals surface area contributed by atoms with E-state index in [4.69, 9.17) is 32.7 Å². The minimum atomic E-state index is -0.349. The van der Waals surface area contributed by atoms with E-state index in [-0.39, 0.29) is 18.5 Å². The van der Waals surface area contributed by atoms with Gasteiger partial charge in [-0.2, -0.15) is 0 Å². The second-order valence-electron chi connectivity index (χ2n) is 11.3. The Hall–Kier alpha value is -3.16. The summed E-state index contributed by atoms with van der Waals surface area (Å²) in [7, 11) is 0. The van der Waals surface area contributed by atoms with Crippen LogP contribution in [0.3, 0.4) is 0 Å². The first-order chi connectivity index (χ1) is 21.0. The second-order valence-corrected chi connectivity index (χ2v) is 12.1. The maximum Gasteiger partial charge on any atom is 0.337 e. The van der Waals surface area contributed by atoms with Crippen LogP contribution >= 0.6 is 23.2 Å². The number of carbonyl (C=O) groups is 1. The molecule has 1 fully saturated rings. The molecule has 0 aliphatic carbocycles. The van der Waals surface area contributed by atoms with Gasteiger partial charge in [-0.3, -0.25) is 4.99 Å². The van der Waals surface area contributed by atoms with E-state index in [2.05, 4.69) is 64.6 Å². The molecule has 43 heavy (non-hydrogen) atoms. The lowest BCUT2D eigenvalue weighted by Crippen LogP contribution is -2.32. The third-order valence-corrected chi connectivity index (χ3v) is 8.83. The van der Waals surface area contributed by atoms with E-state index in [0.29, 0.717) is 41.8 Å². The molecule has 8 heteroatoms. The summed E-state index contributed by atoms with van der Waals surface area (Å²) in [4.78, 5) is 19.4. The first-order valence-electron chi connectivity index (χ1n) is 15.0. The molecular weight excluding hydrogens is 581 g/mol. The lowest BCUT2D eigenvalue weighted by molar-refractivity contribution is -0.139. The van der Waals surface area contributed by atoms with E-state index in [1.54, 1.807) is 12.5 Å². The number of aliphatic imine (C=N–C) groups is 1. The average Bonchev–Trinajstić information content (AvgIpc) is 3.04. The normalized spacial score (nSPS) is 15.9. The highest BCUT2D eigenvalue weighted by Crippen LogP contribution is 2.32. The predicted octanol–water partition coefficient (Wildman–Crippen LogP) is 7.36. The zero-order valence-electron chi connectivity index (χ0n) is 24.7. The molecule has 0 radical (unpaired) electrons. The van der Waals surface area contributed by atoms with E-state index < -0.39 is 0 Å². The topological polar surface area (TPSA) is 63.2 Å². The fourth-order valence-electron chi connectivity index (χ4n) is 5.52. The molecule has 0 saturated carbocycles. The van der Waals surface area contributed by atoms with Crippen LogP contribution in [0.15, 0.2) is 77.4 Å². The predicted molar refractivity (Wildman–Crippen MR) is 175 cm³/mol. The van der Waals surface area contributed by atoms with Crippen LogP contribution in [0.1, 0.15) is 47.4 Å². The molecule has 1 atom stereocenters. The fraction of sp³-hybridized carbons (Fsp3) is 0.371. The minimum absolute atomic E-state index is 0.0341. The van der Waals surface area contributed by atoms with Crippen LogP contribution in [-0.4, -0.2) is 56.6 Å². The maximum atomic E-state index is 12.8. The largest absolute Gasteiger partial charge is 0.462 e. The molecule has 6 nitrogen and oxygen atoms in total. The summed E-state index contributed by atoms with van der Waals surface area (Å²) < 4.78 is 12.1. The number of likely N-dealkylation sites (tertiary alicyclic amines) is 1. The number of esters is 1. The molecule has 226 valence electrons. The number of hydrogen-bond donors (Lipinski definition) is 1. The number of hydrogen-bond acceptors (Lipinski definition) is 6. The van der Waals surface area contributed by atoms with Gasteiger partial charge >= 0.3 is 5.97 Å². The average molecular weight is 621 g/mol. The smallest absolute Gasteiger partial charge is 0.337 e. The van der Waals surface area contributed by atoms with E-state index >= 15 is 0 Å². The van der Waals surface area contributed by atoms with Crippen molar-refractivity contribution in [2.45, 2.75) is 45.1 Å². The van der Waals surface area contributed by atoms with Crippen molar-refractivity contribution in [1.29, 1.82) is 0 Å². The number of nitrogens with zero attached hydrogens (tertiary/aromatic N) is 2. The van der Waals surface area contributed by atoms with Crippen LogP contribution in [0.25, 0.3) is 11.1 Å². The van der Waals surface area contributed by atoms with Crippen molar-refractivity contribution in [1.82, 2.24) is 10.2 Å². The van der Waals surface area contributed by atoms with Gasteiger partial charge in [-0.1, -0.05) is 77.7 Å². The first-order valence-corrected chi connectivity index (χ1v) is 15.8. The Kier molecular flexibility index (Phi) is 11.3. The number of halogens is 2. The number of benzene rings is 3. The van der Waals surface area contributed by atoms with E-state index in [9.17, 15) is 4.79 Å². The molecule has 2 heterocycles. The third-order valence-electron chi connectivity index (χ3n) is 8.10. The quantitative estimate of drug-likeness (QED) is 0.169. The molecule has 0 amide bonds. The van der Waals surface area contributed by atoms with Crippen LogP contribution in [0, 0.1) is 6.92 Å². The number of carbonyl (C=O) groups excluding carboxylic acids is 1. The number of rotatable bonds is 12. The fourth-order valence-corrected chi connectivity index (χ4v) is 5.82. The van der Waals surface area contributed by atoms with Gasteiger partial charge in [0.2, 0.25) is 0 Å². The van der Waals surface area contributed by atoms with Gasteiger partial charge in [0.25, 0.3) is 0 Å². The molecule has 5 rings (SSSR count). The Labute approximate surface area is 264 Å². The van der Waals surface area contributed by atoms with E-state index in [0.717, 1.165) is 47.5 Å². The van der Waals surface area contributed by atoms with Crippen molar-refractivity contribution in [2.75, 3.05) is 39.4 Å². The first kappa shape index (κ1) is 31.3. The van der Waals surface area contributed by atoms with Crippen molar-refractivity contribution in [3.63, 3.8) is 0 Å². The van der Waals surface area contributed by atoms with Crippen LogP contribution in [0.2, 0.25) is 10.0 Å². The summed E-state index contributed by atoms with van der Waals surface area (Å²) in [6, 6.07) is 20.6. The third kappa shape index (κ3) is 8.93. The van der Waals surface area contributed by atoms with E-state index in [1.165, 1.54) is 24.8 Å². The Morgan fingerprint density at radius 2 is 1.72 bits per heavy atom. The van der Waals surface area contributed by atoms with Gasteiger partial charge in [-0.25, -0.2) is 4.79 Å². The monoisotopic (exact) mass is 619 g/mol. The Morgan fingerprint density at radius 1 is 0.953 bits per heavy atom. The highest BCUT2D eigenvalue weighted by molar-refractivity contribution is 6.42.